The first-order chi connectivity index (χ1) is 9.76. The van der Waals surface area contributed by atoms with Crippen LogP contribution in [-0.4, -0.2) is 32.6 Å². The van der Waals surface area contributed by atoms with Crippen LogP contribution in [0.2, 0.25) is 5.02 Å². The van der Waals surface area contributed by atoms with Crippen LogP contribution in [0.5, 0.6) is 0 Å². The van der Waals surface area contributed by atoms with Gasteiger partial charge in [0.05, 0.1) is 23.2 Å². The van der Waals surface area contributed by atoms with E-state index in [1.54, 1.807) is 12.1 Å². The topological polar surface area (TPSA) is 55.1 Å². The maximum Gasteiger partial charge on any atom is 0.390 e. The van der Waals surface area contributed by atoms with Gasteiger partial charge in [-0.3, -0.25) is 4.79 Å². The van der Waals surface area contributed by atoms with Crippen molar-refractivity contribution in [3.63, 3.8) is 0 Å². The second-order valence-corrected chi connectivity index (χ2v) is 5.61. The van der Waals surface area contributed by atoms with Gasteiger partial charge in [-0.25, -0.2) is 4.98 Å². The number of aromatic nitrogens is 2. The summed E-state index contributed by atoms with van der Waals surface area (Å²) >= 11 is 6.73. The van der Waals surface area contributed by atoms with Crippen molar-refractivity contribution in [3.8, 4) is 0 Å². The van der Waals surface area contributed by atoms with Crippen LogP contribution in [0.15, 0.2) is 23.4 Å². The lowest BCUT2D eigenvalue weighted by molar-refractivity contribution is -0.137. The van der Waals surface area contributed by atoms with Crippen LogP contribution in [0.1, 0.15) is 6.42 Å². The molecule has 2 aromatic rings. The molecule has 0 amide bonds. The van der Waals surface area contributed by atoms with E-state index in [-0.39, 0.29) is 17.5 Å². The van der Waals surface area contributed by atoms with Crippen molar-refractivity contribution in [1.29, 1.82) is 0 Å². The molecule has 1 aromatic carbocycles. The molecule has 0 saturated carbocycles. The third-order valence-corrected chi connectivity index (χ3v) is 3.82. The predicted octanol–water partition coefficient (Wildman–Crippen LogP) is 3.82. The lowest BCUT2D eigenvalue weighted by atomic mass is 10.3. The Morgan fingerprint density at radius 1 is 1.43 bits per heavy atom. The molecule has 21 heavy (non-hydrogen) atoms. The summed E-state index contributed by atoms with van der Waals surface area (Å²) in [6.45, 7) is -0.331. The third kappa shape index (κ3) is 4.28. The van der Waals surface area contributed by atoms with E-state index in [9.17, 15) is 18.0 Å². The van der Waals surface area contributed by atoms with E-state index in [0.717, 1.165) is 11.8 Å². The molecule has 0 aliphatic carbocycles. The minimum absolute atomic E-state index is 0.235. The minimum atomic E-state index is -4.30. The highest BCUT2D eigenvalue weighted by molar-refractivity contribution is 7.99. The van der Waals surface area contributed by atoms with E-state index in [4.69, 9.17) is 16.7 Å². The summed E-state index contributed by atoms with van der Waals surface area (Å²) in [5.41, 5.74) is 0.939. The van der Waals surface area contributed by atoms with E-state index in [2.05, 4.69) is 4.98 Å². The van der Waals surface area contributed by atoms with Gasteiger partial charge in [0.25, 0.3) is 0 Å². The summed E-state index contributed by atoms with van der Waals surface area (Å²) in [7, 11) is 0. The number of imidazole rings is 1. The van der Waals surface area contributed by atoms with Gasteiger partial charge in [-0.2, -0.15) is 13.2 Å². The van der Waals surface area contributed by atoms with E-state index in [0.29, 0.717) is 16.1 Å². The number of thioether (sulfide) groups is 1. The second-order valence-electron chi connectivity index (χ2n) is 4.23. The van der Waals surface area contributed by atoms with Crippen LogP contribution in [0.4, 0.5) is 13.2 Å². The Kier molecular flexibility index (Phi) is 4.67. The summed E-state index contributed by atoms with van der Waals surface area (Å²) in [5.74, 6) is -1.34. The fourth-order valence-electron chi connectivity index (χ4n) is 1.76. The monoisotopic (exact) mass is 338 g/mol. The molecular formula is C12H10ClF3N2O2S. The second kappa shape index (κ2) is 6.15. The number of carboxylic acid groups (broad SMARTS) is 1. The van der Waals surface area contributed by atoms with E-state index < -0.39 is 18.6 Å². The Morgan fingerprint density at radius 3 is 2.76 bits per heavy atom. The molecule has 114 valence electrons. The lowest BCUT2D eigenvalue weighted by Gasteiger charge is -2.10. The summed E-state index contributed by atoms with van der Waals surface area (Å²) in [6.07, 6.45) is -5.32. The zero-order chi connectivity index (χ0) is 15.6. The standard InChI is InChI=1S/C12H10ClF3N2O2S/c13-7-1-2-8-9(5-7)18(4-3-12(14,15)16)11(17-8)21-6-10(19)20/h1-2,5H,3-4,6H2,(H,19,20). The molecule has 9 heteroatoms. The zero-order valence-corrected chi connectivity index (χ0v) is 12.1. The van der Waals surface area contributed by atoms with Crippen LogP contribution < -0.4 is 0 Å². The largest absolute Gasteiger partial charge is 0.481 e. The smallest absolute Gasteiger partial charge is 0.390 e. The molecule has 0 unspecified atom stereocenters. The quantitative estimate of drug-likeness (QED) is 0.842. The highest BCUT2D eigenvalue weighted by atomic mass is 35.5. The molecule has 0 saturated heterocycles. The molecule has 4 nitrogen and oxygen atoms in total. The van der Waals surface area contributed by atoms with Crippen LogP contribution in [0, 0.1) is 0 Å². The molecule has 1 heterocycles. The average Bonchev–Trinajstić information content (AvgIpc) is 2.70. The van der Waals surface area contributed by atoms with E-state index in [1.165, 1.54) is 10.6 Å². The zero-order valence-electron chi connectivity index (χ0n) is 10.5. The summed E-state index contributed by atoms with van der Waals surface area (Å²) in [4.78, 5) is 14.8. The van der Waals surface area contributed by atoms with Crippen molar-refractivity contribution in [2.24, 2.45) is 0 Å². The Bertz CT molecular complexity index is 672. The Labute approximate surface area is 126 Å². The number of benzene rings is 1. The first kappa shape index (κ1) is 16.0. The van der Waals surface area contributed by atoms with Gasteiger partial charge in [-0.1, -0.05) is 23.4 Å². The van der Waals surface area contributed by atoms with Crippen LogP contribution in [-0.2, 0) is 11.3 Å². The fraction of sp³-hybridized carbons (Fsp3) is 0.333. The van der Waals surface area contributed by atoms with E-state index in [1.807, 2.05) is 0 Å². The summed E-state index contributed by atoms with van der Waals surface area (Å²) in [6, 6.07) is 4.69. The molecule has 0 aliphatic rings. The molecule has 0 fully saturated rings. The first-order valence-corrected chi connectivity index (χ1v) is 7.20. The molecule has 1 N–H and O–H groups in total. The molecule has 0 aliphatic heterocycles. The molecule has 1 aromatic heterocycles. The number of fused-ring (bicyclic) bond motifs is 1. The molecule has 0 atom stereocenters. The van der Waals surface area contributed by atoms with Crippen molar-refractivity contribution in [3.05, 3.63) is 23.2 Å². The SMILES string of the molecule is O=C(O)CSc1nc2ccc(Cl)cc2n1CCC(F)(F)F. The van der Waals surface area contributed by atoms with Gasteiger partial charge >= 0.3 is 12.1 Å². The van der Waals surface area contributed by atoms with Crippen molar-refractivity contribution < 1.29 is 23.1 Å². The van der Waals surface area contributed by atoms with Crippen LogP contribution >= 0.6 is 23.4 Å². The fourth-order valence-corrected chi connectivity index (χ4v) is 2.69. The number of alkyl halides is 3. The molecular weight excluding hydrogens is 329 g/mol. The lowest BCUT2D eigenvalue weighted by Crippen LogP contribution is -2.13. The number of aryl methyl sites for hydroxylation is 1. The maximum absolute atomic E-state index is 12.4. The van der Waals surface area contributed by atoms with Gasteiger partial charge in [0.2, 0.25) is 0 Å². The Morgan fingerprint density at radius 2 is 2.14 bits per heavy atom. The van der Waals surface area contributed by atoms with Gasteiger partial charge < -0.3 is 9.67 Å². The van der Waals surface area contributed by atoms with Crippen LogP contribution in [0.3, 0.4) is 0 Å². The Hall–Kier alpha value is -1.41. The number of nitrogens with zero attached hydrogens (tertiary/aromatic N) is 2. The molecule has 0 spiro atoms. The van der Waals surface area contributed by atoms with Gasteiger partial charge in [-0.15, -0.1) is 0 Å². The highest BCUT2D eigenvalue weighted by Gasteiger charge is 2.27. The summed E-state index contributed by atoms with van der Waals surface area (Å²) < 4.78 is 38.6. The van der Waals surface area contributed by atoms with Crippen molar-refractivity contribution >= 4 is 40.4 Å². The number of hydrogen-bond donors (Lipinski definition) is 1. The number of aliphatic carboxylic acids is 1. The van der Waals surface area contributed by atoms with Crippen molar-refractivity contribution in [1.82, 2.24) is 9.55 Å². The number of hydrogen-bond acceptors (Lipinski definition) is 3. The van der Waals surface area contributed by atoms with Gasteiger partial charge in [-0.05, 0) is 18.2 Å². The van der Waals surface area contributed by atoms with Gasteiger partial charge in [0, 0.05) is 11.6 Å². The Balaban J connectivity index is 2.38. The van der Waals surface area contributed by atoms with Crippen molar-refractivity contribution in [2.75, 3.05) is 5.75 Å². The van der Waals surface area contributed by atoms with Crippen molar-refractivity contribution in [2.45, 2.75) is 24.3 Å². The number of carbonyl (C=O) groups is 1. The highest BCUT2D eigenvalue weighted by Crippen LogP contribution is 2.29. The maximum atomic E-state index is 12.4. The normalized spacial score (nSPS) is 12.0. The average molecular weight is 339 g/mol. The summed E-state index contributed by atoms with van der Waals surface area (Å²) in [5, 5.41) is 9.30. The molecule has 0 bridgehead atoms. The number of carboxylic acids is 1. The predicted molar refractivity (Wildman–Crippen MR) is 73.8 cm³/mol. The third-order valence-electron chi connectivity index (χ3n) is 2.62. The minimum Gasteiger partial charge on any atom is -0.481 e. The molecule has 2 rings (SSSR count). The molecule has 0 radical (unpaired) electrons. The van der Waals surface area contributed by atoms with Crippen LogP contribution in [0.25, 0.3) is 11.0 Å². The number of rotatable bonds is 5. The first-order valence-electron chi connectivity index (χ1n) is 5.83. The number of halogens is 4. The van der Waals surface area contributed by atoms with E-state index >= 15 is 0 Å². The van der Waals surface area contributed by atoms with Gasteiger partial charge in [0.1, 0.15) is 0 Å². The van der Waals surface area contributed by atoms with Gasteiger partial charge in [0.15, 0.2) is 5.16 Å².